The van der Waals surface area contributed by atoms with Gasteiger partial charge in [0, 0.05) is 32.7 Å². The van der Waals surface area contributed by atoms with E-state index in [4.69, 9.17) is 11.6 Å². The molecule has 0 radical (unpaired) electrons. The van der Waals surface area contributed by atoms with Crippen LogP contribution in [0.15, 0.2) is 0 Å². The predicted molar refractivity (Wildman–Crippen MR) is 77.1 cm³/mol. The second kappa shape index (κ2) is 7.12. The second-order valence-electron chi connectivity index (χ2n) is 5.03. The van der Waals surface area contributed by atoms with Crippen LogP contribution >= 0.6 is 11.6 Å². The Hall–Kier alpha value is -0.580. The molecule has 0 bridgehead atoms. The van der Waals surface area contributed by atoms with Gasteiger partial charge in [-0.15, -0.1) is 0 Å². The van der Waals surface area contributed by atoms with Crippen molar-refractivity contribution in [3.05, 3.63) is 16.4 Å². The van der Waals surface area contributed by atoms with Gasteiger partial charge in [0.25, 0.3) is 0 Å². The van der Waals surface area contributed by atoms with Crippen molar-refractivity contribution in [2.24, 2.45) is 7.05 Å². The molecule has 0 aliphatic carbocycles. The van der Waals surface area contributed by atoms with E-state index >= 15 is 0 Å². The molecule has 18 heavy (non-hydrogen) atoms. The molecule has 0 unspecified atom stereocenters. The summed E-state index contributed by atoms with van der Waals surface area (Å²) in [7, 11) is 4.07. The first-order valence-electron chi connectivity index (χ1n) is 6.57. The smallest absolute Gasteiger partial charge is 0.0863 e. The molecule has 0 atom stereocenters. The summed E-state index contributed by atoms with van der Waals surface area (Å²) in [6.07, 6.45) is 0.880. The lowest BCUT2D eigenvalue weighted by Gasteiger charge is -2.18. The maximum atomic E-state index is 6.33. The molecule has 0 aromatic carbocycles. The number of nitrogens with zero attached hydrogens (tertiary/aromatic N) is 3. The van der Waals surface area contributed by atoms with Crippen molar-refractivity contribution in [3.8, 4) is 0 Å². The Morgan fingerprint density at radius 1 is 1.44 bits per heavy atom. The van der Waals surface area contributed by atoms with Gasteiger partial charge in [0.1, 0.15) is 0 Å². The van der Waals surface area contributed by atoms with E-state index in [0.717, 1.165) is 42.5 Å². The molecular formula is C13H25ClN4. The van der Waals surface area contributed by atoms with Gasteiger partial charge < -0.3 is 5.32 Å². The van der Waals surface area contributed by atoms with Gasteiger partial charge in [-0.1, -0.05) is 32.4 Å². The van der Waals surface area contributed by atoms with E-state index in [1.165, 1.54) is 0 Å². The van der Waals surface area contributed by atoms with Crippen molar-refractivity contribution in [2.45, 2.75) is 39.8 Å². The monoisotopic (exact) mass is 272 g/mol. The van der Waals surface area contributed by atoms with Crippen LogP contribution in [0.3, 0.4) is 0 Å². The minimum Gasteiger partial charge on any atom is -0.313 e. The SMILES string of the molecule is CCc1nn(C)c(CN(C)CCNC(C)C)c1Cl. The van der Waals surface area contributed by atoms with E-state index in [2.05, 4.69) is 43.1 Å². The van der Waals surface area contributed by atoms with Gasteiger partial charge in [-0.25, -0.2) is 0 Å². The number of aromatic nitrogens is 2. The molecule has 1 N–H and O–H groups in total. The zero-order valence-electron chi connectivity index (χ0n) is 12.1. The van der Waals surface area contributed by atoms with E-state index in [0.29, 0.717) is 6.04 Å². The van der Waals surface area contributed by atoms with Crippen molar-refractivity contribution in [3.63, 3.8) is 0 Å². The molecule has 1 heterocycles. The van der Waals surface area contributed by atoms with E-state index < -0.39 is 0 Å². The summed E-state index contributed by atoms with van der Waals surface area (Å²) in [6, 6.07) is 0.533. The molecular weight excluding hydrogens is 248 g/mol. The van der Waals surface area contributed by atoms with Gasteiger partial charge in [0.2, 0.25) is 0 Å². The maximum absolute atomic E-state index is 6.33. The Labute approximate surface area is 115 Å². The summed E-state index contributed by atoms with van der Waals surface area (Å²) in [5, 5.41) is 8.67. The summed E-state index contributed by atoms with van der Waals surface area (Å²) in [6.45, 7) is 9.22. The van der Waals surface area contributed by atoms with E-state index in [1.54, 1.807) is 0 Å². The van der Waals surface area contributed by atoms with Crippen LogP contribution in [-0.2, 0) is 20.0 Å². The normalized spacial score (nSPS) is 11.8. The highest BCUT2D eigenvalue weighted by Gasteiger charge is 2.14. The topological polar surface area (TPSA) is 33.1 Å². The maximum Gasteiger partial charge on any atom is 0.0863 e. The Morgan fingerprint density at radius 2 is 2.11 bits per heavy atom. The average Bonchev–Trinajstić information content (AvgIpc) is 2.56. The first-order chi connectivity index (χ1) is 8.45. The lowest BCUT2D eigenvalue weighted by atomic mass is 10.3. The van der Waals surface area contributed by atoms with Crippen LogP contribution in [-0.4, -0.2) is 40.9 Å². The highest BCUT2D eigenvalue weighted by molar-refractivity contribution is 6.31. The molecule has 104 valence electrons. The predicted octanol–water partition coefficient (Wildman–Crippen LogP) is 2.07. The first-order valence-corrected chi connectivity index (χ1v) is 6.95. The van der Waals surface area contributed by atoms with Gasteiger partial charge in [-0.3, -0.25) is 9.58 Å². The summed E-state index contributed by atoms with van der Waals surface area (Å²) >= 11 is 6.33. The Balaban J connectivity index is 2.53. The van der Waals surface area contributed by atoms with Crippen molar-refractivity contribution in [1.29, 1.82) is 0 Å². The standard InChI is InChI=1S/C13H25ClN4/c1-6-11-13(14)12(18(5)16-11)9-17(4)8-7-15-10(2)3/h10,15H,6-9H2,1-5H3. The van der Waals surface area contributed by atoms with Crippen LogP contribution in [0.4, 0.5) is 0 Å². The number of halogens is 1. The average molecular weight is 273 g/mol. The molecule has 0 saturated heterocycles. The van der Waals surface area contributed by atoms with Gasteiger partial charge >= 0.3 is 0 Å². The van der Waals surface area contributed by atoms with Crippen LogP contribution in [0, 0.1) is 0 Å². The van der Waals surface area contributed by atoms with Gasteiger partial charge in [0.15, 0.2) is 0 Å². The third-order valence-corrected chi connectivity index (χ3v) is 3.41. The van der Waals surface area contributed by atoms with Crippen LogP contribution in [0.1, 0.15) is 32.2 Å². The van der Waals surface area contributed by atoms with Crippen LogP contribution in [0.5, 0.6) is 0 Å². The lowest BCUT2D eigenvalue weighted by Crippen LogP contribution is -2.33. The summed E-state index contributed by atoms with van der Waals surface area (Å²) < 4.78 is 1.90. The molecule has 0 amide bonds. The molecule has 1 rings (SSSR count). The molecule has 1 aromatic heterocycles. The molecule has 0 aliphatic rings. The van der Waals surface area contributed by atoms with E-state index in [-0.39, 0.29) is 0 Å². The zero-order chi connectivity index (χ0) is 13.7. The quantitative estimate of drug-likeness (QED) is 0.825. The Morgan fingerprint density at radius 3 is 2.61 bits per heavy atom. The van der Waals surface area contributed by atoms with Crippen LogP contribution < -0.4 is 5.32 Å². The fourth-order valence-corrected chi connectivity index (χ4v) is 2.22. The number of rotatable bonds is 7. The largest absolute Gasteiger partial charge is 0.313 e. The number of hydrogen-bond acceptors (Lipinski definition) is 3. The molecule has 5 heteroatoms. The van der Waals surface area contributed by atoms with Crippen molar-refractivity contribution in [1.82, 2.24) is 20.0 Å². The molecule has 0 aliphatic heterocycles. The molecule has 1 aromatic rings. The lowest BCUT2D eigenvalue weighted by molar-refractivity contribution is 0.311. The third kappa shape index (κ3) is 4.26. The van der Waals surface area contributed by atoms with Crippen LogP contribution in [0.2, 0.25) is 5.02 Å². The van der Waals surface area contributed by atoms with Crippen LogP contribution in [0.25, 0.3) is 0 Å². The number of hydrogen-bond donors (Lipinski definition) is 1. The van der Waals surface area contributed by atoms with Crippen molar-refractivity contribution < 1.29 is 0 Å². The van der Waals surface area contributed by atoms with Gasteiger partial charge in [-0.05, 0) is 13.5 Å². The fraction of sp³-hybridized carbons (Fsp3) is 0.769. The second-order valence-corrected chi connectivity index (χ2v) is 5.41. The molecule has 0 spiro atoms. The third-order valence-electron chi connectivity index (χ3n) is 2.97. The number of aryl methyl sites for hydroxylation is 2. The highest BCUT2D eigenvalue weighted by atomic mass is 35.5. The van der Waals surface area contributed by atoms with Crippen molar-refractivity contribution >= 4 is 11.6 Å². The highest BCUT2D eigenvalue weighted by Crippen LogP contribution is 2.21. The zero-order valence-corrected chi connectivity index (χ0v) is 12.9. The summed E-state index contributed by atoms with van der Waals surface area (Å²) in [5.74, 6) is 0. The number of nitrogens with one attached hydrogen (secondary N) is 1. The molecule has 4 nitrogen and oxygen atoms in total. The minimum atomic E-state index is 0.533. The number of likely N-dealkylation sites (N-methyl/N-ethyl adjacent to an activating group) is 1. The van der Waals surface area contributed by atoms with Gasteiger partial charge in [0.05, 0.1) is 16.4 Å². The van der Waals surface area contributed by atoms with E-state index in [1.807, 2.05) is 11.7 Å². The Kier molecular flexibility index (Phi) is 6.12. The first kappa shape index (κ1) is 15.5. The molecule has 0 fully saturated rings. The van der Waals surface area contributed by atoms with Gasteiger partial charge in [-0.2, -0.15) is 5.10 Å². The summed E-state index contributed by atoms with van der Waals surface area (Å²) in [5.41, 5.74) is 2.09. The fourth-order valence-electron chi connectivity index (χ4n) is 1.87. The Bertz CT molecular complexity index is 373. The molecule has 0 saturated carbocycles. The summed E-state index contributed by atoms with van der Waals surface area (Å²) in [4.78, 5) is 2.26. The van der Waals surface area contributed by atoms with E-state index in [9.17, 15) is 0 Å². The minimum absolute atomic E-state index is 0.533. The van der Waals surface area contributed by atoms with Crippen molar-refractivity contribution in [2.75, 3.05) is 20.1 Å².